The maximum atomic E-state index is 12.6. The van der Waals surface area contributed by atoms with Gasteiger partial charge in [0.15, 0.2) is 5.75 Å². The Labute approximate surface area is 283 Å². The number of azo groups is 1. The van der Waals surface area contributed by atoms with Crippen molar-refractivity contribution in [2.24, 2.45) is 10.2 Å². The molecule has 0 radical (unpaired) electrons. The van der Waals surface area contributed by atoms with Crippen LogP contribution in [-0.2, 0) is 12.8 Å². The molecule has 0 bridgehead atoms. The molecule has 0 aliphatic rings. The first-order valence-electron chi connectivity index (χ1n) is 17.2. The molecule has 4 N–H and O–H groups in total. The number of H-pyrrole nitrogens is 1. The largest absolute Gasteiger partial charge is 0.505 e. The average molecular weight is 646 g/mol. The van der Waals surface area contributed by atoms with Crippen LogP contribution < -0.4 is 16.3 Å². The SMILES string of the molecule is CCCCCCc1ccc(N=Nc2c(C)cc3cc(C)cc(Nc4nc(Nc5ccc(CCCCCC)cc5)[nH]c(=O)n4)c3c2O)cc1. The van der Waals surface area contributed by atoms with Gasteiger partial charge >= 0.3 is 5.69 Å². The zero-order chi connectivity index (χ0) is 33.9. The van der Waals surface area contributed by atoms with Gasteiger partial charge in [-0.3, -0.25) is 4.98 Å². The number of nitrogens with one attached hydrogen (secondary N) is 3. The van der Waals surface area contributed by atoms with E-state index in [4.69, 9.17) is 0 Å². The number of hydrogen-bond acceptors (Lipinski definition) is 8. The fraction of sp³-hybridized carbons (Fsp3) is 0.359. The zero-order valence-corrected chi connectivity index (χ0v) is 28.6. The highest BCUT2D eigenvalue weighted by atomic mass is 16.3. The summed E-state index contributed by atoms with van der Waals surface area (Å²) in [4.78, 5) is 23.8. The van der Waals surface area contributed by atoms with Gasteiger partial charge in [-0.25, -0.2) is 4.79 Å². The topological polar surface area (TPSA) is 128 Å². The minimum atomic E-state index is -0.555. The Morgan fingerprint density at radius 2 is 1.40 bits per heavy atom. The van der Waals surface area contributed by atoms with Gasteiger partial charge in [0.25, 0.3) is 0 Å². The average Bonchev–Trinajstić information content (AvgIpc) is 3.06. The number of hydrogen-bond donors (Lipinski definition) is 4. The van der Waals surface area contributed by atoms with E-state index in [0.29, 0.717) is 22.4 Å². The Bertz CT molecular complexity index is 1900. The van der Waals surface area contributed by atoms with Gasteiger partial charge in [-0.05, 0) is 104 Å². The molecule has 5 rings (SSSR count). The second kappa shape index (κ2) is 16.7. The van der Waals surface area contributed by atoms with E-state index in [1.165, 1.54) is 62.5 Å². The van der Waals surface area contributed by atoms with Gasteiger partial charge in [0.1, 0.15) is 5.69 Å². The van der Waals surface area contributed by atoms with Gasteiger partial charge < -0.3 is 15.7 Å². The molecule has 0 fully saturated rings. The molecule has 0 amide bonds. The molecule has 0 aliphatic carbocycles. The molecule has 48 heavy (non-hydrogen) atoms. The van der Waals surface area contributed by atoms with Crippen LogP contribution in [0.15, 0.2) is 81.8 Å². The lowest BCUT2D eigenvalue weighted by molar-refractivity contribution is 0.482. The number of unbranched alkanes of at least 4 members (excludes halogenated alkanes) is 6. The summed E-state index contributed by atoms with van der Waals surface area (Å²) in [7, 11) is 0. The lowest BCUT2D eigenvalue weighted by Gasteiger charge is -2.14. The third kappa shape index (κ3) is 9.27. The van der Waals surface area contributed by atoms with Crippen molar-refractivity contribution in [2.75, 3.05) is 10.6 Å². The van der Waals surface area contributed by atoms with Crippen molar-refractivity contribution in [1.82, 2.24) is 15.0 Å². The molecule has 9 heteroatoms. The third-order valence-corrected chi connectivity index (χ3v) is 8.47. The van der Waals surface area contributed by atoms with Gasteiger partial charge in [-0.2, -0.15) is 15.1 Å². The molecule has 0 unspecified atom stereocenters. The maximum Gasteiger partial charge on any atom is 0.351 e. The molecule has 0 saturated heterocycles. The number of phenolic OH excluding ortho intramolecular Hbond substituents is 1. The van der Waals surface area contributed by atoms with Crippen LogP contribution in [-0.4, -0.2) is 20.1 Å². The monoisotopic (exact) mass is 645 g/mol. The quantitative estimate of drug-likeness (QED) is 0.0624. The van der Waals surface area contributed by atoms with Crippen molar-refractivity contribution in [1.29, 1.82) is 0 Å². The molecular formula is C39H47N7O2. The Morgan fingerprint density at radius 3 is 2.04 bits per heavy atom. The first-order chi connectivity index (χ1) is 23.3. The molecule has 0 atom stereocenters. The number of aromatic nitrogens is 3. The highest BCUT2D eigenvalue weighted by molar-refractivity contribution is 6.03. The molecule has 0 saturated carbocycles. The van der Waals surface area contributed by atoms with Crippen LogP contribution in [0.3, 0.4) is 0 Å². The van der Waals surface area contributed by atoms with E-state index in [-0.39, 0.29) is 17.6 Å². The summed E-state index contributed by atoms with van der Waals surface area (Å²) in [5.41, 5.74) is 6.21. The van der Waals surface area contributed by atoms with Crippen LogP contribution in [0.4, 0.5) is 34.6 Å². The third-order valence-electron chi connectivity index (χ3n) is 8.47. The first-order valence-corrected chi connectivity index (χ1v) is 17.2. The van der Waals surface area contributed by atoms with Gasteiger partial charge in [0, 0.05) is 11.1 Å². The fourth-order valence-corrected chi connectivity index (χ4v) is 5.88. The van der Waals surface area contributed by atoms with Gasteiger partial charge in [-0.15, -0.1) is 5.11 Å². The van der Waals surface area contributed by atoms with Crippen LogP contribution in [0.1, 0.15) is 87.5 Å². The van der Waals surface area contributed by atoms with Crippen LogP contribution in [0.5, 0.6) is 5.75 Å². The standard InChI is InChI=1S/C39H47N7O2/c1-5-7-9-11-13-28-15-19-31(20-16-28)40-37-42-38(44-39(48)43-37)41-33-24-26(3)23-30-25-27(4)35(36(47)34(30)33)46-45-32-21-17-29(18-22-32)14-12-10-8-6-2/h15-25,47H,5-14H2,1-4H3,(H3,40,41,42,43,44,48). The van der Waals surface area contributed by atoms with Gasteiger partial charge in [-0.1, -0.05) is 82.7 Å². The van der Waals surface area contributed by atoms with Crippen molar-refractivity contribution in [2.45, 2.75) is 91.9 Å². The number of aromatic hydroxyl groups is 1. The Kier molecular flexibility index (Phi) is 11.9. The predicted octanol–water partition coefficient (Wildman–Crippen LogP) is 10.8. The smallest absolute Gasteiger partial charge is 0.351 e. The maximum absolute atomic E-state index is 12.6. The second-order valence-corrected chi connectivity index (χ2v) is 12.6. The molecule has 1 heterocycles. The molecular weight excluding hydrogens is 598 g/mol. The highest BCUT2D eigenvalue weighted by Crippen LogP contribution is 2.43. The summed E-state index contributed by atoms with van der Waals surface area (Å²) >= 11 is 0. The van der Waals surface area contributed by atoms with E-state index < -0.39 is 5.69 Å². The fourth-order valence-electron chi connectivity index (χ4n) is 5.88. The number of anilines is 4. The van der Waals surface area contributed by atoms with Crippen molar-refractivity contribution in [3.63, 3.8) is 0 Å². The number of benzene rings is 4. The number of aryl methyl sites for hydroxylation is 4. The molecule has 9 nitrogen and oxygen atoms in total. The summed E-state index contributed by atoms with van der Waals surface area (Å²) in [6.07, 6.45) is 11.9. The highest BCUT2D eigenvalue weighted by Gasteiger charge is 2.16. The molecule has 250 valence electrons. The van der Waals surface area contributed by atoms with Crippen LogP contribution in [0.2, 0.25) is 0 Å². The first kappa shape index (κ1) is 34.3. The summed E-state index contributed by atoms with van der Waals surface area (Å²) in [6.45, 7) is 8.31. The van der Waals surface area contributed by atoms with E-state index in [0.717, 1.165) is 35.0 Å². The van der Waals surface area contributed by atoms with Crippen LogP contribution in [0.25, 0.3) is 10.8 Å². The Balaban J connectivity index is 1.35. The number of rotatable bonds is 16. The van der Waals surface area contributed by atoms with Crippen molar-refractivity contribution in [3.05, 3.63) is 99.5 Å². The molecule has 1 aromatic heterocycles. The molecule has 0 spiro atoms. The van der Waals surface area contributed by atoms with Gasteiger partial charge in [0.05, 0.1) is 11.4 Å². The van der Waals surface area contributed by atoms with Crippen molar-refractivity contribution in [3.8, 4) is 5.75 Å². The lowest BCUT2D eigenvalue weighted by Crippen LogP contribution is -2.16. The second-order valence-electron chi connectivity index (χ2n) is 12.6. The van der Waals surface area contributed by atoms with E-state index >= 15 is 0 Å². The minimum absolute atomic E-state index is 0.0123. The van der Waals surface area contributed by atoms with Crippen LogP contribution in [0, 0.1) is 13.8 Å². The summed E-state index contributed by atoms with van der Waals surface area (Å²) in [6, 6.07) is 22.1. The predicted molar refractivity (Wildman–Crippen MR) is 197 cm³/mol. The number of fused-ring (bicyclic) bond motifs is 1. The van der Waals surface area contributed by atoms with E-state index in [1.54, 1.807) is 0 Å². The van der Waals surface area contributed by atoms with Crippen LogP contribution >= 0.6 is 0 Å². The molecule has 0 aliphatic heterocycles. The number of nitrogens with zero attached hydrogens (tertiary/aromatic N) is 4. The molecule has 5 aromatic rings. The van der Waals surface area contributed by atoms with E-state index in [2.05, 4.69) is 73.9 Å². The number of aromatic amines is 1. The lowest BCUT2D eigenvalue weighted by atomic mass is 10.0. The molecule has 4 aromatic carbocycles. The van der Waals surface area contributed by atoms with Crippen molar-refractivity contribution >= 4 is 45.4 Å². The summed E-state index contributed by atoms with van der Waals surface area (Å²) < 4.78 is 0. The van der Waals surface area contributed by atoms with Crippen molar-refractivity contribution < 1.29 is 5.11 Å². The van der Waals surface area contributed by atoms with Gasteiger partial charge in [0.2, 0.25) is 11.9 Å². The summed E-state index contributed by atoms with van der Waals surface area (Å²) in [5.74, 6) is 0.340. The van der Waals surface area contributed by atoms with E-state index in [9.17, 15) is 9.90 Å². The normalized spacial score (nSPS) is 11.4. The van der Waals surface area contributed by atoms with E-state index in [1.807, 2.05) is 56.3 Å². The zero-order valence-electron chi connectivity index (χ0n) is 28.6. The Morgan fingerprint density at radius 1 is 0.750 bits per heavy atom. The minimum Gasteiger partial charge on any atom is -0.505 e. The number of phenols is 1. The Hall–Kier alpha value is -5.05. The summed E-state index contributed by atoms with van der Waals surface area (Å²) in [5, 5.41) is 28.2.